The molecular weight excluding hydrogens is 274 g/mol. The van der Waals surface area contributed by atoms with Crippen molar-refractivity contribution in [2.45, 2.75) is 25.4 Å². The number of methoxy groups -OCH3 is 1. The van der Waals surface area contributed by atoms with Gasteiger partial charge in [-0.3, -0.25) is 0 Å². The Morgan fingerprint density at radius 2 is 1.71 bits per heavy atom. The molecule has 0 radical (unpaired) electrons. The lowest BCUT2D eigenvalue weighted by Gasteiger charge is -2.24. The Morgan fingerprint density at radius 1 is 1.05 bits per heavy atom. The summed E-state index contributed by atoms with van der Waals surface area (Å²) >= 11 is 0. The van der Waals surface area contributed by atoms with Crippen LogP contribution in [0, 0.1) is 11.6 Å². The average Bonchev–Trinajstić information content (AvgIpc) is 2.43. The molecule has 0 aliphatic heterocycles. The predicted octanol–water partition coefficient (Wildman–Crippen LogP) is 3.51. The molecule has 2 aromatic rings. The van der Waals surface area contributed by atoms with Crippen LogP contribution >= 0.6 is 0 Å². The Balaban J connectivity index is 2.15. The van der Waals surface area contributed by atoms with E-state index < -0.39 is 11.4 Å². The number of hydrogen-bond acceptors (Lipinski definition) is 2. The van der Waals surface area contributed by atoms with Gasteiger partial charge in [-0.05, 0) is 36.2 Å². The lowest BCUT2D eigenvalue weighted by Crippen LogP contribution is -2.30. The zero-order valence-corrected chi connectivity index (χ0v) is 12.1. The normalized spacial score (nSPS) is 13.8. The van der Waals surface area contributed by atoms with Crippen LogP contribution in [0.25, 0.3) is 0 Å². The Hall–Kier alpha value is -1.94. The zero-order chi connectivity index (χ0) is 15.5. The molecule has 21 heavy (non-hydrogen) atoms. The van der Waals surface area contributed by atoms with Crippen molar-refractivity contribution in [2.24, 2.45) is 0 Å². The quantitative estimate of drug-likeness (QED) is 0.914. The molecule has 4 heteroatoms. The fourth-order valence-electron chi connectivity index (χ4n) is 2.37. The largest absolute Gasteiger partial charge is 0.494 e. The molecule has 0 saturated carbocycles. The molecule has 1 N–H and O–H groups in total. The van der Waals surface area contributed by atoms with Gasteiger partial charge in [0.05, 0.1) is 12.7 Å². The third-order valence-corrected chi connectivity index (χ3v) is 3.33. The van der Waals surface area contributed by atoms with Crippen LogP contribution in [-0.4, -0.2) is 17.8 Å². The highest BCUT2D eigenvalue weighted by atomic mass is 19.1. The van der Waals surface area contributed by atoms with Crippen molar-refractivity contribution in [3.63, 3.8) is 0 Å². The average molecular weight is 292 g/mol. The van der Waals surface area contributed by atoms with Crippen LogP contribution in [0.5, 0.6) is 5.75 Å². The first-order valence-corrected chi connectivity index (χ1v) is 6.69. The molecule has 0 aromatic heterocycles. The minimum absolute atomic E-state index is 0.146. The van der Waals surface area contributed by atoms with E-state index in [1.54, 1.807) is 31.2 Å². The fourth-order valence-corrected chi connectivity index (χ4v) is 2.37. The molecule has 0 bridgehead atoms. The summed E-state index contributed by atoms with van der Waals surface area (Å²) in [7, 11) is 1.40. The van der Waals surface area contributed by atoms with E-state index in [4.69, 9.17) is 4.74 Å². The van der Waals surface area contributed by atoms with Crippen LogP contribution in [0.2, 0.25) is 0 Å². The van der Waals surface area contributed by atoms with Gasteiger partial charge in [0.2, 0.25) is 0 Å². The number of ether oxygens (including phenoxy) is 1. The van der Waals surface area contributed by atoms with Gasteiger partial charge in [0, 0.05) is 12.8 Å². The van der Waals surface area contributed by atoms with Crippen LogP contribution in [-0.2, 0) is 12.8 Å². The third-order valence-electron chi connectivity index (χ3n) is 3.33. The standard InChI is InChI=1S/C17H18F2O2/c1-17(20,10-12-6-8-14(18)9-7-12)11-13-4-3-5-15(21-2)16(13)19/h3-9,20H,10-11H2,1-2H3. The zero-order valence-electron chi connectivity index (χ0n) is 12.1. The molecule has 2 rings (SSSR count). The topological polar surface area (TPSA) is 29.5 Å². The molecule has 2 nitrogen and oxygen atoms in total. The Labute approximate surface area is 123 Å². The summed E-state index contributed by atoms with van der Waals surface area (Å²) in [6.45, 7) is 1.63. The first-order chi connectivity index (χ1) is 9.91. The van der Waals surface area contributed by atoms with Gasteiger partial charge in [-0.1, -0.05) is 24.3 Å². The van der Waals surface area contributed by atoms with Crippen LogP contribution in [0.4, 0.5) is 8.78 Å². The minimum Gasteiger partial charge on any atom is -0.494 e. The molecular formula is C17H18F2O2. The van der Waals surface area contributed by atoms with Gasteiger partial charge >= 0.3 is 0 Å². The Kier molecular flexibility index (Phi) is 4.58. The first-order valence-electron chi connectivity index (χ1n) is 6.69. The van der Waals surface area contributed by atoms with Crippen LogP contribution in [0.15, 0.2) is 42.5 Å². The number of aliphatic hydroxyl groups is 1. The molecule has 0 spiro atoms. The highest BCUT2D eigenvalue weighted by Gasteiger charge is 2.24. The van der Waals surface area contributed by atoms with Gasteiger partial charge in [0.25, 0.3) is 0 Å². The maximum absolute atomic E-state index is 14.1. The monoisotopic (exact) mass is 292 g/mol. The predicted molar refractivity (Wildman–Crippen MR) is 77.4 cm³/mol. The van der Waals surface area contributed by atoms with E-state index in [1.165, 1.54) is 25.3 Å². The summed E-state index contributed by atoms with van der Waals surface area (Å²) in [5, 5.41) is 10.5. The van der Waals surface area contributed by atoms with E-state index in [0.29, 0.717) is 12.0 Å². The number of benzene rings is 2. The summed E-state index contributed by atoms with van der Waals surface area (Å²) in [5.74, 6) is -0.623. The van der Waals surface area contributed by atoms with Gasteiger partial charge in [0.15, 0.2) is 11.6 Å². The van der Waals surface area contributed by atoms with Gasteiger partial charge in [-0.15, -0.1) is 0 Å². The summed E-state index contributed by atoms with van der Waals surface area (Å²) in [6, 6.07) is 10.8. The van der Waals surface area contributed by atoms with E-state index in [9.17, 15) is 13.9 Å². The summed E-state index contributed by atoms with van der Waals surface area (Å²) in [6.07, 6.45) is 0.456. The third kappa shape index (κ3) is 4.02. The van der Waals surface area contributed by atoms with E-state index in [2.05, 4.69) is 0 Å². The molecule has 0 heterocycles. The van der Waals surface area contributed by atoms with Crippen LogP contribution < -0.4 is 4.74 Å². The minimum atomic E-state index is -1.13. The lowest BCUT2D eigenvalue weighted by atomic mass is 9.89. The smallest absolute Gasteiger partial charge is 0.168 e. The summed E-state index contributed by atoms with van der Waals surface area (Å²) < 4.78 is 31.9. The molecule has 0 aliphatic carbocycles. The number of halogens is 2. The van der Waals surface area contributed by atoms with Crippen molar-refractivity contribution in [1.29, 1.82) is 0 Å². The summed E-state index contributed by atoms with van der Waals surface area (Å²) in [4.78, 5) is 0. The molecule has 0 fully saturated rings. The number of hydrogen-bond donors (Lipinski definition) is 1. The van der Waals surface area contributed by atoms with Crippen molar-refractivity contribution in [3.05, 3.63) is 65.2 Å². The molecule has 112 valence electrons. The van der Waals surface area contributed by atoms with E-state index >= 15 is 0 Å². The van der Waals surface area contributed by atoms with Crippen molar-refractivity contribution in [1.82, 2.24) is 0 Å². The van der Waals surface area contributed by atoms with Crippen molar-refractivity contribution in [3.8, 4) is 5.75 Å². The van der Waals surface area contributed by atoms with E-state index in [-0.39, 0.29) is 18.0 Å². The molecule has 1 atom stereocenters. The molecule has 1 unspecified atom stereocenters. The highest BCUT2D eigenvalue weighted by molar-refractivity contribution is 5.32. The molecule has 0 saturated heterocycles. The number of rotatable bonds is 5. The second-order valence-electron chi connectivity index (χ2n) is 5.41. The Bertz CT molecular complexity index is 607. The molecule has 0 aliphatic rings. The van der Waals surface area contributed by atoms with Crippen molar-refractivity contribution >= 4 is 0 Å². The van der Waals surface area contributed by atoms with E-state index in [0.717, 1.165) is 5.56 Å². The SMILES string of the molecule is COc1cccc(CC(C)(O)Cc2ccc(F)cc2)c1F. The van der Waals surface area contributed by atoms with Crippen LogP contribution in [0.1, 0.15) is 18.1 Å². The summed E-state index contributed by atoms with van der Waals surface area (Å²) in [5.41, 5.74) is 0.0524. The lowest BCUT2D eigenvalue weighted by molar-refractivity contribution is 0.0598. The second kappa shape index (κ2) is 6.22. The second-order valence-corrected chi connectivity index (χ2v) is 5.41. The van der Waals surface area contributed by atoms with Gasteiger partial charge in [-0.25, -0.2) is 8.78 Å². The first kappa shape index (κ1) is 15.4. The highest BCUT2D eigenvalue weighted by Crippen LogP contribution is 2.25. The Morgan fingerprint density at radius 3 is 2.33 bits per heavy atom. The van der Waals surface area contributed by atoms with Gasteiger partial charge in [-0.2, -0.15) is 0 Å². The maximum Gasteiger partial charge on any atom is 0.168 e. The maximum atomic E-state index is 14.1. The van der Waals surface area contributed by atoms with Gasteiger partial charge < -0.3 is 9.84 Å². The van der Waals surface area contributed by atoms with Crippen LogP contribution in [0.3, 0.4) is 0 Å². The molecule has 2 aromatic carbocycles. The van der Waals surface area contributed by atoms with Gasteiger partial charge in [0.1, 0.15) is 5.82 Å². The van der Waals surface area contributed by atoms with E-state index in [1.807, 2.05) is 0 Å². The van der Waals surface area contributed by atoms with Crippen molar-refractivity contribution < 1.29 is 18.6 Å². The fraction of sp³-hybridized carbons (Fsp3) is 0.294. The molecule has 0 amide bonds. The van der Waals surface area contributed by atoms with Crippen molar-refractivity contribution in [2.75, 3.05) is 7.11 Å².